The number of anilines is 1. The van der Waals surface area contributed by atoms with Crippen LogP contribution in [0.5, 0.6) is 5.75 Å². The summed E-state index contributed by atoms with van der Waals surface area (Å²) in [4.78, 5) is 27.6. The van der Waals surface area contributed by atoms with E-state index in [0.717, 1.165) is 28.6 Å². The van der Waals surface area contributed by atoms with E-state index in [-0.39, 0.29) is 11.8 Å². The lowest BCUT2D eigenvalue weighted by Gasteiger charge is -2.21. The van der Waals surface area contributed by atoms with Gasteiger partial charge in [-0.3, -0.25) is 9.59 Å². The number of carbonyl (C=O) groups is 2. The molecule has 1 N–H and O–H groups in total. The van der Waals surface area contributed by atoms with Crippen molar-refractivity contribution >= 4 is 33.4 Å². The van der Waals surface area contributed by atoms with Crippen LogP contribution >= 0.6 is 15.9 Å². The Hall–Kier alpha value is -3.12. The van der Waals surface area contributed by atoms with Crippen LogP contribution in [0.2, 0.25) is 0 Å². The number of hydrogen-bond donors (Lipinski definition) is 1. The van der Waals surface area contributed by atoms with Crippen molar-refractivity contribution < 1.29 is 14.3 Å². The minimum Gasteiger partial charge on any atom is -0.492 e. The van der Waals surface area contributed by atoms with Crippen LogP contribution in [-0.2, 0) is 6.54 Å². The predicted molar refractivity (Wildman–Crippen MR) is 141 cm³/mol. The first-order valence-electron chi connectivity index (χ1n) is 11.6. The van der Waals surface area contributed by atoms with Gasteiger partial charge in [-0.2, -0.15) is 0 Å². The van der Waals surface area contributed by atoms with Crippen molar-refractivity contribution in [3.63, 3.8) is 0 Å². The average Bonchev–Trinajstić information content (AvgIpc) is 2.87. The molecule has 0 aliphatic heterocycles. The molecule has 5 nitrogen and oxygen atoms in total. The van der Waals surface area contributed by atoms with Crippen LogP contribution in [0.1, 0.15) is 58.9 Å². The van der Waals surface area contributed by atoms with Gasteiger partial charge in [0.2, 0.25) is 0 Å². The monoisotopic (exact) mass is 522 g/mol. The number of halogens is 1. The average molecular weight is 523 g/mol. The second-order valence-electron chi connectivity index (χ2n) is 8.10. The first-order chi connectivity index (χ1) is 16.5. The van der Waals surface area contributed by atoms with Crippen molar-refractivity contribution in [3.8, 4) is 5.75 Å². The largest absolute Gasteiger partial charge is 0.492 e. The molecule has 0 unspecified atom stereocenters. The smallest absolute Gasteiger partial charge is 0.258 e. The van der Waals surface area contributed by atoms with Crippen LogP contribution < -0.4 is 15.0 Å². The van der Waals surface area contributed by atoms with Crippen LogP contribution in [0.25, 0.3) is 0 Å². The third-order valence-electron chi connectivity index (χ3n) is 5.54. The fourth-order valence-corrected chi connectivity index (χ4v) is 4.09. The van der Waals surface area contributed by atoms with E-state index in [0.29, 0.717) is 30.0 Å². The lowest BCUT2D eigenvalue weighted by Crippen LogP contribution is -2.30. The molecule has 0 aliphatic rings. The molecule has 0 heterocycles. The van der Waals surface area contributed by atoms with Crippen molar-refractivity contribution in [3.05, 3.63) is 94.0 Å². The van der Waals surface area contributed by atoms with Gasteiger partial charge in [0.25, 0.3) is 11.8 Å². The molecule has 0 aromatic heterocycles. The SMILES string of the molecule is CCCCCCOc1ccc(C(=O)N(C)c2ccccc2C(=O)NCc2ccccc2)cc1Br. The second kappa shape index (κ2) is 12.9. The van der Waals surface area contributed by atoms with Gasteiger partial charge in [-0.05, 0) is 58.2 Å². The third kappa shape index (κ3) is 6.94. The van der Waals surface area contributed by atoms with Gasteiger partial charge in [0.1, 0.15) is 5.75 Å². The fraction of sp³-hybridized carbons (Fsp3) is 0.286. The Morgan fingerprint density at radius 3 is 2.41 bits per heavy atom. The minimum atomic E-state index is -0.230. The zero-order valence-corrected chi connectivity index (χ0v) is 21.3. The van der Waals surface area contributed by atoms with Crippen molar-refractivity contribution in [2.75, 3.05) is 18.6 Å². The van der Waals surface area contributed by atoms with E-state index in [1.54, 1.807) is 37.4 Å². The van der Waals surface area contributed by atoms with Gasteiger partial charge in [-0.1, -0.05) is 68.7 Å². The van der Waals surface area contributed by atoms with Gasteiger partial charge in [0.15, 0.2) is 0 Å². The van der Waals surface area contributed by atoms with Gasteiger partial charge in [0, 0.05) is 19.2 Å². The Morgan fingerprint density at radius 1 is 0.941 bits per heavy atom. The molecule has 3 rings (SSSR count). The number of ether oxygens (including phenoxy) is 1. The molecule has 6 heteroatoms. The van der Waals surface area contributed by atoms with E-state index in [1.165, 1.54) is 17.7 Å². The van der Waals surface area contributed by atoms with E-state index in [1.807, 2.05) is 42.5 Å². The molecular weight excluding hydrogens is 492 g/mol. The summed E-state index contributed by atoms with van der Waals surface area (Å²) in [6, 6.07) is 22.2. The van der Waals surface area contributed by atoms with Gasteiger partial charge in [0.05, 0.1) is 22.3 Å². The minimum absolute atomic E-state index is 0.210. The number of hydrogen-bond acceptors (Lipinski definition) is 3. The number of benzene rings is 3. The summed E-state index contributed by atoms with van der Waals surface area (Å²) in [5, 5.41) is 2.94. The van der Waals surface area contributed by atoms with Crippen LogP contribution in [0, 0.1) is 0 Å². The maximum absolute atomic E-state index is 13.2. The molecule has 0 saturated heterocycles. The van der Waals surface area contributed by atoms with Crippen LogP contribution in [0.3, 0.4) is 0 Å². The Morgan fingerprint density at radius 2 is 1.68 bits per heavy atom. The Bertz CT molecular complexity index is 1100. The van der Waals surface area contributed by atoms with Crippen LogP contribution in [0.4, 0.5) is 5.69 Å². The third-order valence-corrected chi connectivity index (χ3v) is 6.16. The highest BCUT2D eigenvalue weighted by Gasteiger charge is 2.20. The Labute approximate surface area is 210 Å². The van der Waals surface area contributed by atoms with Crippen molar-refractivity contribution in [1.82, 2.24) is 5.32 Å². The van der Waals surface area contributed by atoms with Crippen molar-refractivity contribution in [1.29, 1.82) is 0 Å². The molecule has 2 amide bonds. The molecule has 0 saturated carbocycles. The molecule has 0 spiro atoms. The first kappa shape index (κ1) is 25.5. The van der Waals surface area contributed by atoms with Crippen LogP contribution in [0.15, 0.2) is 77.3 Å². The molecule has 3 aromatic carbocycles. The summed E-state index contributed by atoms with van der Waals surface area (Å²) in [6.07, 6.45) is 4.54. The predicted octanol–water partition coefficient (Wildman–Crippen LogP) is 6.61. The number of amides is 2. The number of para-hydroxylation sites is 1. The molecule has 0 aliphatic carbocycles. The highest BCUT2D eigenvalue weighted by molar-refractivity contribution is 9.10. The maximum atomic E-state index is 13.2. The summed E-state index contributed by atoms with van der Waals surface area (Å²) in [5.41, 5.74) is 2.51. The molecule has 178 valence electrons. The topological polar surface area (TPSA) is 58.6 Å². The van der Waals surface area contributed by atoms with E-state index in [9.17, 15) is 9.59 Å². The fourth-order valence-electron chi connectivity index (χ4n) is 3.60. The molecule has 3 aromatic rings. The van der Waals surface area contributed by atoms with Gasteiger partial charge in [-0.15, -0.1) is 0 Å². The molecule has 0 bridgehead atoms. The van der Waals surface area contributed by atoms with E-state index >= 15 is 0 Å². The Balaban J connectivity index is 1.68. The maximum Gasteiger partial charge on any atom is 0.258 e. The Kier molecular flexibility index (Phi) is 9.71. The lowest BCUT2D eigenvalue weighted by molar-refractivity contribution is 0.0951. The molecule has 34 heavy (non-hydrogen) atoms. The van der Waals surface area contributed by atoms with Gasteiger partial charge >= 0.3 is 0 Å². The standard InChI is InChI=1S/C28H31BrN2O3/c1-3-4-5-11-18-34-26-17-16-22(19-24(26)29)28(33)31(2)25-15-10-9-14-23(25)27(32)30-20-21-12-7-6-8-13-21/h6-10,12-17,19H,3-5,11,18,20H2,1-2H3,(H,30,32). The highest BCUT2D eigenvalue weighted by atomic mass is 79.9. The highest BCUT2D eigenvalue weighted by Crippen LogP contribution is 2.28. The van der Waals surface area contributed by atoms with Gasteiger partial charge in [-0.25, -0.2) is 0 Å². The van der Waals surface area contributed by atoms with Gasteiger partial charge < -0.3 is 15.0 Å². The lowest BCUT2D eigenvalue weighted by atomic mass is 10.1. The van der Waals surface area contributed by atoms with E-state index in [4.69, 9.17) is 4.74 Å². The molecular formula is C28H31BrN2O3. The van der Waals surface area contributed by atoms with Crippen molar-refractivity contribution in [2.24, 2.45) is 0 Å². The summed E-state index contributed by atoms with van der Waals surface area (Å²) < 4.78 is 6.58. The van der Waals surface area contributed by atoms with E-state index in [2.05, 4.69) is 28.2 Å². The van der Waals surface area contributed by atoms with Crippen molar-refractivity contribution in [2.45, 2.75) is 39.2 Å². The molecule has 0 radical (unpaired) electrons. The number of unbranched alkanes of at least 4 members (excludes halogenated alkanes) is 3. The summed E-state index contributed by atoms with van der Waals surface area (Å²) >= 11 is 3.52. The second-order valence-corrected chi connectivity index (χ2v) is 8.96. The number of rotatable bonds is 11. The number of nitrogens with one attached hydrogen (secondary N) is 1. The quantitative estimate of drug-likeness (QED) is 0.288. The zero-order valence-electron chi connectivity index (χ0n) is 19.7. The first-order valence-corrected chi connectivity index (χ1v) is 12.4. The molecule has 0 atom stereocenters. The number of carbonyl (C=O) groups excluding carboxylic acids is 2. The van der Waals surface area contributed by atoms with E-state index < -0.39 is 0 Å². The normalized spacial score (nSPS) is 10.6. The summed E-state index contributed by atoms with van der Waals surface area (Å²) in [7, 11) is 1.68. The van der Waals surface area contributed by atoms with Crippen LogP contribution in [-0.4, -0.2) is 25.5 Å². The summed E-state index contributed by atoms with van der Waals surface area (Å²) in [5.74, 6) is 0.280. The zero-order chi connectivity index (χ0) is 24.3. The summed E-state index contributed by atoms with van der Waals surface area (Å²) in [6.45, 7) is 3.25. The molecule has 0 fully saturated rings. The number of nitrogens with zero attached hydrogens (tertiary/aromatic N) is 1.